The number of imidazole rings is 1. The molecule has 0 saturated heterocycles. The average molecular weight is 620 g/mol. The maximum Gasteiger partial charge on any atom is 0.166 e. The summed E-state index contributed by atoms with van der Waals surface area (Å²) in [6.45, 7) is 1.67. The van der Waals surface area contributed by atoms with E-state index in [0.29, 0.717) is 16.2 Å². The molecule has 0 unspecified atom stereocenters. The van der Waals surface area contributed by atoms with Gasteiger partial charge in [0.05, 0.1) is 27.1 Å². The van der Waals surface area contributed by atoms with Crippen molar-refractivity contribution < 1.29 is 23.0 Å². The van der Waals surface area contributed by atoms with E-state index in [2.05, 4.69) is 14.5 Å². The van der Waals surface area contributed by atoms with E-state index in [-0.39, 0.29) is 36.6 Å². The van der Waals surface area contributed by atoms with Crippen molar-refractivity contribution in [2.24, 2.45) is 0 Å². The highest BCUT2D eigenvalue weighted by molar-refractivity contribution is 7.80. The topological polar surface area (TPSA) is 66.2 Å². The highest BCUT2D eigenvalue weighted by Crippen LogP contribution is 2.39. The van der Waals surface area contributed by atoms with Crippen LogP contribution in [0.15, 0.2) is 73.3 Å². The first kappa shape index (κ1) is 30.6. The lowest BCUT2D eigenvalue weighted by atomic mass is 10.0. The third-order valence-corrected chi connectivity index (χ3v) is 8.30. The molecule has 10 heteroatoms. The SMILES string of the molecule is COCCCCCn1cnc(-c2cc3nccc(Oc4ccc(CC(=S)CC(=O)Cc5ccc(F)cc5)cc4F)c3s2)c1. The number of ether oxygens (including phenoxy) is 2. The summed E-state index contributed by atoms with van der Waals surface area (Å²) in [5, 5.41) is 0. The molecule has 0 spiro atoms. The second-order valence-corrected chi connectivity index (χ2v) is 11.9. The first-order chi connectivity index (χ1) is 20.9. The Bertz CT molecular complexity index is 1720. The fraction of sp³-hybridized carbons (Fsp3) is 0.273. The summed E-state index contributed by atoms with van der Waals surface area (Å²) < 4.78 is 42.2. The van der Waals surface area contributed by atoms with E-state index in [1.54, 1.807) is 43.6 Å². The van der Waals surface area contributed by atoms with Gasteiger partial charge in [-0.2, -0.15) is 0 Å². The van der Waals surface area contributed by atoms with Crippen LogP contribution in [0.4, 0.5) is 8.78 Å². The molecule has 0 radical (unpaired) electrons. The normalized spacial score (nSPS) is 11.2. The molecule has 0 fully saturated rings. The monoisotopic (exact) mass is 619 g/mol. The molecular formula is C33H31F2N3O3S2. The molecule has 0 bridgehead atoms. The van der Waals surface area contributed by atoms with E-state index < -0.39 is 5.82 Å². The fourth-order valence-corrected chi connectivity index (χ4v) is 6.06. The summed E-state index contributed by atoms with van der Waals surface area (Å²) in [5.74, 6) is -0.351. The molecule has 3 heterocycles. The lowest BCUT2D eigenvalue weighted by Crippen LogP contribution is -2.11. The molecule has 6 nitrogen and oxygen atoms in total. The zero-order valence-corrected chi connectivity index (χ0v) is 25.4. The molecule has 0 saturated carbocycles. The molecule has 0 N–H and O–H groups in total. The lowest BCUT2D eigenvalue weighted by molar-refractivity contribution is -0.117. The highest BCUT2D eigenvalue weighted by atomic mass is 32.1. The zero-order chi connectivity index (χ0) is 30.2. The number of benzene rings is 2. The Balaban J connectivity index is 1.20. The van der Waals surface area contributed by atoms with Gasteiger partial charge in [-0.05, 0) is 60.7 Å². The average Bonchev–Trinajstić information content (AvgIpc) is 3.63. The molecule has 0 aliphatic rings. The second kappa shape index (κ2) is 14.5. The fourth-order valence-electron chi connectivity index (χ4n) is 4.71. The number of carbonyl (C=O) groups excluding carboxylic acids is 1. The number of hydrogen-bond acceptors (Lipinski definition) is 7. The van der Waals surface area contributed by atoms with Gasteiger partial charge in [-0.3, -0.25) is 9.78 Å². The van der Waals surface area contributed by atoms with Crippen LogP contribution in [-0.4, -0.2) is 38.9 Å². The molecule has 222 valence electrons. The van der Waals surface area contributed by atoms with Crippen LogP contribution in [0.3, 0.4) is 0 Å². The molecule has 2 aromatic carbocycles. The van der Waals surface area contributed by atoms with E-state index in [0.717, 1.165) is 58.8 Å². The minimum Gasteiger partial charge on any atom is -0.453 e. The number of nitrogens with zero attached hydrogens (tertiary/aromatic N) is 3. The van der Waals surface area contributed by atoms with Gasteiger partial charge >= 0.3 is 0 Å². The predicted octanol–water partition coefficient (Wildman–Crippen LogP) is 8.16. The number of hydrogen-bond donors (Lipinski definition) is 0. The number of halogens is 2. The number of ketones is 1. The van der Waals surface area contributed by atoms with Crippen molar-refractivity contribution in [3.63, 3.8) is 0 Å². The third kappa shape index (κ3) is 8.37. The van der Waals surface area contributed by atoms with E-state index in [9.17, 15) is 9.18 Å². The van der Waals surface area contributed by atoms with Gasteiger partial charge in [0, 0.05) is 62.8 Å². The number of carbonyl (C=O) groups is 1. The molecule has 43 heavy (non-hydrogen) atoms. The quantitative estimate of drug-likeness (QED) is 0.0870. The van der Waals surface area contributed by atoms with Gasteiger partial charge in [-0.15, -0.1) is 11.3 Å². The van der Waals surface area contributed by atoms with Crippen LogP contribution in [0.1, 0.15) is 36.8 Å². The lowest BCUT2D eigenvalue weighted by Gasteiger charge is -2.10. The minimum atomic E-state index is -0.524. The number of aromatic nitrogens is 3. The molecular weight excluding hydrogens is 589 g/mol. The van der Waals surface area contributed by atoms with Crippen LogP contribution in [0.2, 0.25) is 0 Å². The van der Waals surface area contributed by atoms with Gasteiger partial charge in [-0.1, -0.05) is 30.4 Å². The molecule has 0 amide bonds. The summed E-state index contributed by atoms with van der Waals surface area (Å²) in [6.07, 6.45) is 9.25. The van der Waals surface area contributed by atoms with Gasteiger partial charge in [0.1, 0.15) is 17.3 Å². The summed E-state index contributed by atoms with van der Waals surface area (Å²) >= 11 is 6.91. The first-order valence-electron chi connectivity index (χ1n) is 14.0. The third-order valence-electron chi connectivity index (χ3n) is 6.85. The number of thiocarbonyl (C=S) groups is 1. The van der Waals surface area contributed by atoms with Crippen LogP contribution in [0.5, 0.6) is 11.5 Å². The van der Waals surface area contributed by atoms with Gasteiger partial charge in [0.15, 0.2) is 11.6 Å². The smallest absolute Gasteiger partial charge is 0.166 e. The molecule has 0 aliphatic heterocycles. The van der Waals surface area contributed by atoms with Crippen molar-refractivity contribution in [2.45, 2.75) is 45.1 Å². The highest BCUT2D eigenvalue weighted by Gasteiger charge is 2.15. The summed E-state index contributed by atoms with van der Waals surface area (Å²) in [7, 11) is 1.72. The first-order valence-corrected chi connectivity index (χ1v) is 15.2. The van der Waals surface area contributed by atoms with Crippen LogP contribution >= 0.6 is 23.6 Å². The Morgan fingerprint density at radius 2 is 1.77 bits per heavy atom. The summed E-state index contributed by atoms with van der Waals surface area (Å²) in [4.78, 5) is 22.9. The number of fused-ring (bicyclic) bond motifs is 1. The number of pyridine rings is 1. The zero-order valence-electron chi connectivity index (χ0n) is 23.7. The van der Waals surface area contributed by atoms with E-state index >= 15 is 4.39 Å². The van der Waals surface area contributed by atoms with Crippen LogP contribution < -0.4 is 4.74 Å². The van der Waals surface area contributed by atoms with Gasteiger partial charge in [0.25, 0.3) is 0 Å². The van der Waals surface area contributed by atoms with Crippen LogP contribution in [-0.2, 0) is 28.9 Å². The Kier molecular flexibility index (Phi) is 10.3. The molecule has 0 aliphatic carbocycles. The number of Topliss-reactive ketones (excluding diaryl/α,β-unsaturated/α-hetero) is 1. The number of thiophene rings is 1. The van der Waals surface area contributed by atoms with Crippen molar-refractivity contribution in [2.75, 3.05) is 13.7 Å². The van der Waals surface area contributed by atoms with E-state index in [1.165, 1.54) is 29.5 Å². The largest absolute Gasteiger partial charge is 0.453 e. The van der Waals surface area contributed by atoms with Gasteiger partial charge in [0.2, 0.25) is 0 Å². The van der Waals surface area contributed by atoms with Gasteiger partial charge in [-0.25, -0.2) is 13.8 Å². The number of rotatable bonds is 15. The maximum absolute atomic E-state index is 15.1. The second-order valence-electron chi connectivity index (χ2n) is 10.3. The molecule has 3 aromatic heterocycles. The van der Waals surface area contributed by atoms with E-state index in [4.69, 9.17) is 21.7 Å². The maximum atomic E-state index is 15.1. The summed E-state index contributed by atoms with van der Waals surface area (Å²) in [5.41, 5.74) is 2.98. The van der Waals surface area contributed by atoms with Crippen LogP contribution in [0.25, 0.3) is 20.8 Å². The Hall–Kier alpha value is -3.86. The molecule has 5 aromatic rings. The predicted molar refractivity (Wildman–Crippen MR) is 169 cm³/mol. The Labute approximate surface area is 258 Å². The molecule has 5 rings (SSSR count). The Morgan fingerprint density at radius 3 is 2.56 bits per heavy atom. The minimum absolute atomic E-state index is 0.0706. The number of methoxy groups -OCH3 is 1. The summed E-state index contributed by atoms with van der Waals surface area (Å²) in [6, 6.07) is 14.2. The Morgan fingerprint density at radius 1 is 0.953 bits per heavy atom. The number of aryl methyl sites for hydroxylation is 1. The van der Waals surface area contributed by atoms with Crippen molar-refractivity contribution in [3.8, 4) is 22.1 Å². The van der Waals surface area contributed by atoms with Crippen molar-refractivity contribution in [1.29, 1.82) is 0 Å². The van der Waals surface area contributed by atoms with Gasteiger partial charge < -0.3 is 14.0 Å². The van der Waals surface area contributed by atoms with Crippen LogP contribution in [0, 0.1) is 11.6 Å². The van der Waals surface area contributed by atoms with Crippen molar-refractivity contribution >= 4 is 44.4 Å². The standard InChI is InChI=1S/C33H31F2N3O3S2/c1-40-14-4-2-3-13-38-20-29(37-21-38)32-19-28-33(43-32)31(11-12-36-28)41-30-10-7-23(17-27(30)35)16-26(42)18-25(39)15-22-5-8-24(34)9-6-22/h5-12,17,19-21H,2-4,13-16,18H2,1H3. The number of unbranched alkanes of at least 4 members (excludes halogenated alkanes) is 2. The van der Waals surface area contributed by atoms with Crippen molar-refractivity contribution in [1.82, 2.24) is 14.5 Å². The molecule has 0 atom stereocenters. The van der Waals surface area contributed by atoms with Crippen molar-refractivity contribution in [3.05, 3.63) is 96.1 Å². The van der Waals surface area contributed by atoms with E-state index in [1.807, 2.05) is 18.6 Å².